The Balaban J connectivity index is 1.73. The molecular weight excluding hydrogens is 357 g/mol. The summed E-state index contributed by atoms with van der Waals surface area (Å²) in [6.45, 7) is 1.72. The second-order valence-corrected chi connectivity index (χ2v) is 6.68. The van der Waals surface area contributed by atoms with Crippen LogP contribution in [0.2, 0.25) is 0 Å². The fourth-order valence-corrected chi connectivity index (χ4v) is 3.42. The predicted octanol–water partition coefficient (Wildman–Crippen LogP) is 3.73. The van der Waals surface area contributed by atoms with Gasteiger partial charge in [-0.1, -0.05) is 18.2 Å². The molecule has 28 heavy (non-hydrogen) atoms. The maximum absolute atomic E-state index is 13.2. The van der Waals surface area contributed by atoms with Gasteiger partial charge in [0.05, 0.1) is 5.69 Å². The maximum Gasteiger partial charge on any atom is 0.267 e. The second-order valence-electron chi connectivity index (χ2n) is 6.68. The fourth-order valence-electron chi connectivity index (χ4n) is 3.42. The lowest BCUT2D eigenvalue weighted by molar-refractivity contribution is 0.0966. The minimum atomic E-state index is -0.364. The van der Waals surface area contributed by atoms with Crippen LogP contribution in [-0.4, -0.2) is 20.1 Å². The van der Waals surface area contributed by atoms with E-state index in [1.165, 1.54) is 18.2 Å². The summed E-state index contributed by atoms with van der Waals surface area (Å²) in [5, 5.41) is 5.17. The summed E-state index contributed by atoms with van der Waals surface area (Å²) < 4.78 is 16.3. The number of aryl methyl sites for hydroxylation is 1. The standard InChI is InChI=1S/C22H18FN3O2/c1-14-22(17-5-3-4-6-19(17)25(14)2)20(27)13-26-21(28)12-11-18(24-26)15-7-9-16(23)10-8-15/h3-12H,13H2,1-2H3. The van der Waals surface area contributed by atoms with Crippen LogP contribution in [0.15, 0.2) is 65.5 Å². The van der Waals surface area contributed by atoms with E-state index >= 15 is 0 Å². The number of carbonyl (C=O) groups is 1. The Kier molecular flexibility index (Phi) is 4.39. The third kappa shape index (κ3) is 3.03. The fraction of sp³-hybridized carbons (Fsp3) is 0.136. The summed E-state index contributed by atoms with van der Waals surface area (Å²) in [6, 6.07) is 16.4. The molecule has 0 aliphatic rings. The van der Waals surface area contributed by atoms with E-state index in [4.69, 9.17) is 0 Å². The van der Waals surface area contributed by atoms with Crippen molar-refractivity contribution in [2.45, 2.75) is 13.5 Å². The molecule has 0 fully saturated rings. The number of carbonyl (C=O) groups excluding carboxylic acids is 1. The van der Waals surface area contributed by atoms with E-state index in [0.29, 0.717) is 16.8 Å². The van der Waals surface area contributed by atoms with E-state index in [-0.39, 0.29) is 23.7 Å². The van der Waals surface area contributed by atoms with Crippen LogP contribution in [0.5, 0.6) is 0 Å². The first-order valence-electron chi connectivity index (χ1n) is 8.87. The third-order valence-electron chi connectivity index (χ3n) is 4.98. The number of hydrogen-bond acceptors (Lipinski definition) is 3. The van der Waals surface area contributed by atoms with Crippen LogP contribution in [0.1, 0.15) is 16.1 Å². The first-order chi connectivity index (χ1) is 13.5. The highest BCUT2D eigenvalue weighted by molar-refractivity contribution is 6.09. The van der Waals surface area contributed by atoms with Gasteiger partial charge >= 0.3 is 0 Å². The Bertz CT molecular complexity index is 1250. The predicted molar refractivity (Wildman–Crippen MR) is 106 cm³/mol. The van der Waals surface area contributed by atoms with E-state index in [9.17, 15) is 14.0 Å². The van der Waals surface area contributed by atoms with Gasteiger partial charge in [0.15, 0.2) is 5.78 Å². The first-order valence-corrected chi connectivity index (χ1v) is 8.87. The molecule has 2 aromatic heterocycles. The van der Waals surface area contributed by atoms with Gasteiger partial charge in [-0.05, 0) is 43.3 Å². The highest BCUT2D eigenvalue weighted by Crippen LogP contribution is 2.25. The molecule has 0 aliphatic carbocycles. The molecular formula is C22H18FN3O2. The molecule has 0 saturated carbocycles. The van der Waals surface area contributed by atoms with Gasteiger partial charge in [-0.3, -0.25) is 9.59 Å². The lowest BCUT2D eigenvalue weighted by Gasteiger charge is -2.07. The monoisotopic (exact) mass is 375 g/mol. The zero-order valence-corrected chi connectivity index (χ0v) is 15.5. The molecule has 0 spiro atoms. The number of aromatic nitrogens is 3. The highest BCUT2D eigenvalue weighted by atomic mass is 19.1. The van der Waals surface area contributed by atoms with Crippen LogP contribution in [0.3, 0.4) is 0 Å². The van der Waals surface area contributed by atoms with E-state index in [1.54, 1.807) is 18.2 Å². The van der Waals surface area contributed by atoms with Crippen LogP contribution < -0.4 is 5.56 Å². The van der Waals surface area contributed by atoms with Gasteiger partial charge in [0, 0.05) is 40.8 Å². The number of ketones is 1. The van der Waals surface area contributed by atoms with Crippen LogP contribution in [0.25, 0.3) is 22.2 Å². The number of hydrogen-bond donors (Lipinski definition) is 0. The zero-order chi connectivity index (χ0) is 19.8. The summed E-state index contributed by atoms with van der Waals surface area (Å²) in [7, 11) is 1.91. The normalized spacial score (nSPS) is 11.1. The average Bonchev–Trinajstić information content (AvgIpc) is 2.95. The Morgan fingerprint density at radius 2 is 1.75 bits per heavy atom. The van der Waals surface area contributed by atoms with Gasteiger partial charge in [-0.25, -0.2) is 9.07 Å². The summed E-state index contributed by atoms with van der Waals surface area (Å²) in [4.78, 5) is 25.3. The number of halogens is 1. The smallest absolute Gasteiger partial charge is 0.267 e. The zero-order valence-electron chi connectivity index (χ0n) is 15.5. The molecule has 0 atom stereocenters. The van der Waals surface area contributed by atoms with Crippen molar-refractivity contribution in [1.82, 2.24) is 14.3 Å². The molecule has 4 rings (SSSR count). The number of Topliss-reactive ketones (excluding diaryl/α,β-unsaturated/α-hetero) is 1. The summed E-state index contributed by atoms with van der Waals surface area (Å²) in [5.41, 5.74) is 3.21. The van der Waals surface area contributed by atoms with Gasteiger partial charge in [0.2, 0.25) is 0 Å². The quantitative estimate of drug-likeness (QED) is 0.511. The van der Waals surface area contributed by atoms with E-state index < -0.39 is 0 Å². The highest BCUT2D eigenvalue weighted by Gasteiger charge is 2.19. The Morgan fingerprint density at radius 3 is 2.50 bits per heavy atom. The third-order valence-corrected chi connectivity index (χ3v) is 4.98. The van der Waals surface area contributed by atoms with Crippen molar-refractivity contribution in [2.24, 2.45) is 7.05 Å². The van der Waals surface area contributed by atoms with Crippen molar-refractivity contribution < 1.29 is 9.18 Å². The molecule has 0 radical (unpaired) electrons. The van der Waals surface area contributed by atoms with Gasteiger partial charge in [0.25, 0.3) is 5.56 Å². The molecule has 0 amide bonds. The number of benzene rings is 2. The van der Waals surface area contributed by atoms with Gasteiger partial charge < -0.3 is 4.57 Å². The van der Waals surface area contributed by atoms with Crippen molar-refractivity contribution in [1.29, 1.82) is 0 Å². The molecule has 2 heterocycles. The van der Waals surface area contributed by atoms with Crippen molar-refractivity contribution in [2.75, 3.05) is 0 Å². The lowest BCUT2D eigenvalue weighted by Crippen LogP contribution is -2.26. The molecule has 0 bridgehead atoms. The van der Waals surface area contributed by atoms with Crippen LogP contribution in [-0.2, 0) is 13.6 Å². The number of fused-ring (bicyclic) bond motifs is 1. The Labute approximate surface area is 160 Å². The molecule has 5 nitrogen and oxygen atoms in total. The van der Waals surface area contributed by atoms with Crippen molar-refractivity contribution in [3.05, 3.63) is 88.1 Å². The van der Waals surface area contributed by atoms with Crippen molar-refractivity contribution in [3.8, 4) is 11.3 Å². The Morgan fingerprint density at radius 1 is 1.04 bits per heavy atom. The number of rotatable bonds is 4. The lowest BCUT2D eigenvalue weighted by atomic mass is 10.1. The van der Waals surface area contributed by atoms with Crippen LogP contribution in [0, 0.1) is 12.7 Å². The van der Waals surface area contributed by atoms with Gasteiger partial charge in [-0.2, -0.15) is 5.10 Å². The number of nitrogens with zero attached hydrogens (tertiary/aromatic N) is 3. The summed E-state index contributed by atoms with van der Waals surface area (Å²) >= 11 is 0. The molecule has 4 aromatic rings. The largest absolute Gasteiger partial charge is 0.347 e. The molecule has 140 valence electrons. The molecule has 2 aromatic carbocycles. The van der Waals surface area contributed by atoms with Gasteiger partial charge in [-0.15, -0.1) is 0 Å². The van der Waals surface area contributed by atoms with Crippen LogP contribution in [0.4, 0.5) is 4.39 Å². The summed E-state index contributed by atoms with van der Waals surface area (Å²) in [5.74, 6) is -0.529. The molecule has 6 heteroatoms. The maximum atomic E-state index is 13.2. The van der Waals surface area contributed by atoms with Crippen LogP contribution >= 0.6 is 0 Å². The van der Waals surface area contributed by atoms with E-state index in [1.807, 2.05) is 42.8 Å². The van der Waals surface area contributed by atoms with Crippen molar-refractivity contribution in [3.63, 3.8) is 0 Å². The SMILES string of the molecule is Cc1c(C(=O)Cn2nc(-c3ccc(F)cc3)ccc2=O)c2ccccc2n1C. The topological polar surface area (TPSA) is 56.9 Å². The average molecular weight is 375 g/mol. The summed E-state index contributed by atoms with van der Waals surface area (Å²) in [6.07, 6.45) is 0. The number of para-hydroxylation sites is 1. The van der Waals surface area contributed by atoms with E-state index in [0.717, 1.165) is 21.3 Å². The van der Waals surface area contributed by atoms with Crippen molar-refractivity contribution >= 4 is 16.7 Å². The molecule has 0 saturated heterocycles. The van der Waals surface area contributed by atoms with Gasteiger partial charge in [0.1, 0.15) is 12.4 Å². The van der Waals surface area contributed by atoms with E-state index in [2.05, 4.69) is 5.10 Å². The minimum absolute atomic E-state index is 0.164. The molecule has 0 N–H and O–H groups in total. The second kappa shape index (κ2) is 6.88. The molecule has 0 unspecified atom stereocenters. The minimum Gasteiger partial charge on any atom is -0.347 e. The molecule has 0 aliphatic heterocycles. The first kappa shape index (κ1) is 17.9. The Hall–Kier alpha value is -3.54.